The lowest BCUT2D eigenvalue weighted by Gasteiger charge is -2.31. The van der Waals surface area contributed by atoms with E-state index in [0.717, 1.165) is 18.4 Å². The molecule has 1 aromatic carbocycles. The van der Waals surface area contributed by atoms with Gasteiger partial charge in [-0.15, -0.1) is 0 Å². The molecule has 2 atom stereocenters. The molecule has 0 aliphatic carbocycles. The van der Waals surface area contributed by atoms with Crippen molar-refractivity contribution in [3.8, 4) is 5.75 Å². The zero-order valence-electron chi connectivity index (χ0n) is 12.5. The van der Waals surface area contributed by atoms with Gasteiger partial charge in [0.2, 0.25) is 10.0 Å². The van der Waals surface area contributed by atoms with Gasteiger partial charge in [-0.25, -0.2) is 12.7 Å². The van der Waals surface area contributed by atoms with Crippen molar-refractivity contribution >= 4 is 10.0 Å². The molecular weight excluding hydrogens is 290 g/mol. The average Bonchev–Trinajstić information content (AvgIpc) is 2.45. The lowest BCUT2D eigenvalue weighted by atomic mass is 10.0. The maximum Gasteiger partial charge on any atom is 0.211 e. The Morgan fingerprint density at radius 3 is 2.81 bits per heavy atom. The summed E-state index contributed by atoms with van der Waals surface area (Å²) in [6.45, 7) is 3.28. The van der Waals surface area contributed by atoms with Crippen LogP contribution in [0.3, 0.4) is 0 Å². The van der Waals surface area contributed by atoms with Crippen molar-refractivity contribution in [2.24, 2.45) is 5.92 Å². The molecule has 1 aromatic rings. The summed E-state index contributed by atoms with van der Waals surface area (Å²) in [5.74, 6) is 0.861. The van der Waals surface area contributed by atoms with E-state index in [2.05, 4.69) is 0 Å². The Hall–Kier alpha value is -1.11. The highest BCUT2D eigenvalue weighted by Gasteiger charge is 2.26. The molecule has 2 rings (SSSR count). The van der Waals surface area contributed by atoms with Crippen molar-refractivity contribution in [1.29, 1.82) is 0 Å². The molecule has 6 heteroatoms. The van der Waals surface area contributed by atoms with Crippen molar-refractivity contribution in [3.05, 3.63) is 29.8 Å². The van der Waals surface area contributed by atoms with Gasteiger partial charge < -0.3 is 9.84 Å². The van der Waals surface area contributed by atoms with Crippen molar-refractivity contribution in [3.63, 3.8) is 0 Å². The molecule has 0 radical (unpaired) electrons. The smallest absolute Gasteiger partial charge is 0.211 e. The van der Waals surface area contributed by atoms with Gasteiger partial charge in [0.15, 0.2) is 0 Å². The van der Waals surface area contributed by atoms with E-state index >= 15 is 0 Å². The molecule has 0 spiro atoms. The van der Waals surface area contributed by atoms with E-state index in [-0.39, 0.29) is 5.92 Å². The number of piperidine rings is 1. The van der Waals surface area contributed by atoms with E-state index in [1.54, 1.807) is 6.92 Å². The van der Waals surface area contributed by atoms with Crippen LogP contribution in [0.2, 0.25) is 0 Å². The number of aliphatic hydroxyl groups is 1. The van der Waals surface area contributed by atoms with Crippen LogP contribution in [0, 0.1) is 5.92 Å². The molecule has 118 valence electrons. The molecule has 0 bridgehead atoms. The van der Waals surface area contributed by atoms with Crippen molar-refractivity contribution in [2.45, 2.75) is 25.9 Å². The molecule has 1 N–H and O–H groups in total. The minimum Gasteiger partial charge on any atom is -0.493 e. The Morgan fingerprint density at radius 2 is 2.14 bits per heavy atom. The zero-order valence-corrected chi connectivity index (χ0v) is 13.3. The molecule has 0 saturated carbocycles. The number of sulfonamides is 1. The van der Waals surface area contributed by atoms with Gasteiger partial charge in [-0.2, -0.15) is 0 Å². The third-order valence-corrected chi connectivity index (χ3v) is 5.06. The lowest BCUT2D eigenvalue weighted by Crippen LogP contribution is -2.41. The van der Waals surface area contributed by atoms with Crippen LogP contribution in [0.5, 0.6) is 5.75 Å². The lowest BCUT2D eigenvalue weighted by molar-refractivity contribution is 0.166. The predicted molar refractivity (Wildman–Crippen MR) is 81.7 cm³/mol. The third kappa shape index (κ3) is 4.43. The quantitative estimate of drug-likeness (QED) is 0.900. The molecule has 1 aliphatic rings. The predicted octanol–water partition coefficient (Wildman–Crippen LogP) is 1.79. The highest BCUT2D eigenvalue weighted by atomic mass is 32.2. The van der Waals surface area contributed by atoms with E-state index in [0.29, 0.717) is 25.4 Å². The second-order valence-corrected chi connectivity index (χ2v) is 7.64. The molecule has 1 saturated heterocycles. The number of aliphatic hydroxyl groups excluding tert-OH is 1. The van der Waals surface area contributed by atoms with Gasteiger partial charge in [-0.05, 0) is 25.8 Å². The number of ether oxygens (including phenoxy) is 1. The first kappa shape index (κ1) is 16.3. The number of benzene rings is 1. The van der Waals surface area contributed by atoms with Crippen LogP contribution in [-0.2, 0) is 10.0 Å². The molecule has 0 aromatic heterocycles. The van der Waals surface area contributed by atoms with Gasteiger partial charge in [-0.1, -0.05) is 18.2 Å². The van der Waals surface area contributed by atoms with Gasteiger partial charge in [0.1, 0.15) is 5.75 Å². The SMILES string of the molecule is C[C@@H](O)c1ccccc1OCC1CCCN(S(C)(=O)=O)C1. The number of hydrogen-bond donors (Lipinski definition) is 1. The molecular formula is C15H23NO4S. The Labute approximate surface area is 126 Å². The summed E-state index contributed by atoms with van der Waals surface area (Å²) in [4.78, 5) is 0. The van der Waals surface area contributed by atoms with E-state index in [9.17, 15) is 13.5 Å². The first-order valence-electron chi connectivity index (χ1n) is 7.23. The van der Waals surface area contributed by atoms with Crippen LogP contribution in [-0.4, -0.2) is 43.8 Å². The van der Waals surface area contributed by atoms with Crippen LogP contribution >= 0.6 is 0 Å². The first-order valence-corrected chi connectivity index (χ1v) is 9.07. The summed E-state index contributed by atoms with van der Waals surface area (Å²) in [6.07, 6.45) is 2.49. The van der Waals surface area contributed by atoms with Crippen molar-refractivity contribution in [2.75, 3.05) is 26.0 Å². The summed E-state index contributed by atoms with van der Waals surface area (Å²) >= 11 is 0. The van der Waals surface area contributed by atoms with E-state index in [1.807, 2.05) is 24.3 Å². The van der Waals surface area contributed by atoms with Gasteiger partial charge in [0.05, 0.1) is 19.0 Å². The Bertz CT molecular complexity index is 571. The van der Waals surface area contributed by atoms with Crippen LogP contribution in [0.25, 0.3) is 0 Å². The minimum absolute atomic E-state index is 0.190. The molecule has 5 nitrogen and oxygen atoms in total. The van der Waals surface area contributed by atoms with Crippen LogP contribution in [0.15, 0.2) is 24.3 Å². The van der Waals surface area contributed by atoms with Gasteiger partial charge >= 0.3 is 0 Å². The maximum absolute atomic E-state index is 11.6. The van der Waals surface area contributed by atoms with Gasteiger partial charge in [0, 0.05) is 24.6 Å². The fraction of sp³-hybridized carbons (Fsp3) is 0.600. The second kappa shape index (κ2) is 6.77. The summed E-state index contributed by atoms with van der Waals surface area (Å²) in [5.41, 5.74) is 0.758. The first-order chi connectivity index (χ1) is 9.88. The molecule has 1 heterocycles. The normalized spacial score (nSPS) is 22.0. The highest BCUT2D eigenvalue weighted by molar-refractivity contribution is 7.88. The Kier molecular flexibility index (Phi) is 5.24. The molecule has 1 aliphatic heterocycles. The van der Waals surface area contributed by atoms with Gasteiger partial charge in [-0.3, -0.25) is 0 Å². The van der Waals surface area contributed by atoms with Crippen molar-refractivity contribution in [1.82, 2.24) is 4.31 Å². The second-order valence-electron chi connectivity index (χ2n) is 5.65. The summed E-state index contributed by atoms with van der Waals surface area (Å²) in [7, 11) is -3.13. The monoisotopic (exact) mass is 313 g/mol. The number of para-hydroxylation sites is 1. The van der Waals surface area contributed by atoms with Crippen LogP contribution in [0.4, 0.5) is 0 Å². The van der Waals surface area contributed by atoms with E-state index < -0.39 is 16.1 Å². The zero-order chi connectivity index (χ0) is 15.5. The Morgan fingerprint density at radius 1 is 1.43 bits per heavy atom. The average molecular weight is 313 g/mol. The number of rotatable bonds is 5. The topological polar surface area (TPSA) is 66.8 Å². The fourth-order valence-electron chi connectivity index (χ4n) is 2.63. The fourth-order valence-corrected chi connectivity index (χ4v) is 3.57. The third-order valence-electron chi connectivity index (χ3n) is 3.79. The highest BCUT2D eigenvalue weighted by Crippen LogP contribution is 2.26. The van der Waals surface area contributed by atoms with Crippen molar-refractivity contribution < 1.29 is 18.3 Å². The summed E-state index contributed by atoms with van der Waals surface area (Å²) in [6, 6.07) is 7.40. The molecule has 1 fully saturated rings. The Balaban J connectivity index is 1.97. The van der Waals surface area contributed by atoms with Crippen LogP contribution in [0.1, 0.15) is 31.4 Å². The largest absolute Gasteiger partial charge is 0.493 e. The molecule has 21 heavy (non-hydrogen) atoms. The van der Waals surface area contributed by atoms with Crippen LogP contribution < -0.4 is 4.74 Å². The molecule has 0 amide bonds. The minimum atomic E-state index is -3.13. The van der Waals surface area contributed by atoms with Gasteiger partial charge in [0.25, 0.3) is 0 Å². The number of hydrogen-bond acceptors (Lipinski definition) is 4. The maximum atomic E-state index is 11.6. The summed E-state index contributed by atoms with van der Waals surface area (Å²) < 4.78 is 30.5. The molecule has 1 unspecified atom stereocenters. The van der Waals surface area contributed by atoms with E-state index in [4.69, 9.17) is 4.74 Å². The van der Waals surface area contributed by atoms with E-state index in [1.165, 1.54) is 10.6 Å². The number of nitrogens with zero attached hydrogens (tertiary/aromatic N) is 1. The summed E-state index contributed by atoms with van der Waals surface area (Å²) in [5, 5.41) is 9.72. The standard InChI is InChI=1S/C15H23NO4S/c1-12(17)14-7-3-4-8-15(14)20-11-13-6-5-9-16(10-13)21(2,18)19/h3-4,7-8,12-13,17H,5-6,9-11H2,1-2H3/t12-,13?/m1/s1.